The molecule has 0 fully saturated rings. The van der Waals surface area contributed by atoms with Crippen LogP contribution in [0.1, 0.15) is 14.5 Å². The van der Waals surface area contributed by atoms with Crippen LogP contribution >= 0.6 is 11.3 Å². The van der Waals surface area contributed by atoms with Gasteiger partial charge in [0.05, 0.1) is 28.7 Å². The van der Waals surface area contributed by atoms with Gasteiger partial charge in [-0.2, -0.15) is 0 Å². The molecule has 3 rings (SSSR count). The molecule has 21 heavy (non-hydrogen) atoms. The molecule has 0 N–H and O–H groups in total. The Labute approximate surface area is 123 Å². The third-order valence-electron chi connectivity index (χ3n) is 3.12. The Bertz CT molecular complexity index is 898. The SMILES string of the molecule is Cc1ccc(C(=O)Cn2cnc3cc(F)ccc3c2=O)s1. The quantitative estimate of drug-likeness (QED) is 0.699. The van der Waals surface area contributed by atoms with Crippen LogP contribution in [0.4, 0.5) is 4.39 Å². The van der Waals surface area contributed by atoms with Gasteiger partial charge in [0.25, 0.3) is 5.56 Å². The van der Waals surface area contributed by atoms with E-state index in [1.807, 2.05) is 13.0 Å². The molecule has 0 spiro atoms. The number of ketones is 1. The van der Waals surface area contributed by atoms with Crippen molar-refractivity contribution in [3.8, 4) is 0 Å². The van der Waals surface area contributed by atoms with Crippen LogP contribution in [0.2, 0.25) is 0 Å². The molecule has 0 aliphatic rings. The van der Waals surface area contributed by atoms with E-state index in [0.717, 1.165) is 4.88 Å². The summed E-state index contributed by atoms with van der Waals surface area (Å²) in [5.74, 6) is -0.587. The second kappa shape index (κ2) is 5.21. The van der Waals surface area contributed by atoms with E-state index in [1.54, 1.807) is 6.07 Å². The van der Waals surface area contributed by atoms with Crippen molar-refractivity contribution in [1.82, 2.24) is 9.55 Å². The van der Waals surface area contributed by atoms with Crippen LogP contribution in [0.25, 0.3) is 10.9 Å². The van der Waals surface area contributed by atoms with E-state index in [2.05, 4.69) is 4.98 Å². The number of Topliss-reactive ketones (excluding diaryl/α,β-unsaturated/α-hetero) is 1. The zero-order chi connectivity index (χ0) is 15.0. The molecule has 2 heterocycles. The smallest absolute Gasteiger partial charge is 0.261 e. The fourth-order valence-corrected chi connectivity index (χ4v) is 2.86. The summed E-state index contributed by atoms with van der Waals surface area (Å²) in [4.78, 5) is 30.1. The van der Waals surface area contributed by atoms with Crippen molar-refractivity contribution in [2.75, 3.05) is 0 Å². The number of nitrogens with zero attached hydrogens (tertiary/aromatic N) is 2. The van der Waals surface area contributed by atoms with Gasteiger partial charge in [-0.1, -0.05) is 0 Å². The number of hydrogen-bond acceptors (Lipinski definition) is 4. The molecule has 4 nitrogen and oxygen atoms in total. The lowest BCUT2D eigenvalue weighted by atomic mass is 10.2. The van der Waals surface area contributed by atoms with Crippen molar-refractivity contribution < 1.29 is 9.18 Å². The van der Waals surface area contributed by atoms with Crippen molar-refractivity contribution in [3.63, 3.8) is 0 Å². The molecule has 6 heteroatoms. The van der Waals surface area contributed by atoms with Crippen LogP contribution in [-0.2, 0) is 6.54 Å². The maximum Gasteiger partial charge on any atom is 0.261 e. The summed E-state index contributed by atoms with van der Waals surface area (Å²) in [6.45, 7) is 1.85. The van der Waals surface area contributed by atoms with Gasteiger partial charge in [-0.15, -0.1) is 11.3 Å². The van der Waals surface area contributed by atoms with E-state index in [1.165, 1.54) is 40.4 Å². The summed E-state index contributed by atoms with van der Waals surface area (Å²) >= 11 is 1.39. The fraction of sp³-hybridized carbons (Fsp3) is 0.133. The molecule has 0 saturated heterocycles. The minimum absolute atomic E-state index is 0.0703. The summed E-state index contributed by atoms with van der Waals surface area (Å²) in [7, 11) is 0. The maximum absolute atomic E-state index is 13.1. The predicted molar refractivity (Wildman–Crippen MR) is 79.3 cm³/mol. The number of hydrogen-bond donors (Lipinski definition) is 0. The number of benzene rings is 1. The lowest BCUT2D eigenvalue weighted by Gasteiger charge is -2.05. The van der Waals surface area contributed by atoms with Crippen LogP contribution in [0.3, 0.4) is 0 Å². The first kappa shape index (κ1) is 13.6. The van der Waals surface area contributed by atoms with Crippen molar-refractivity contribution in [2.45, 2.75) is 13.5 Å². The van der Waals surface area contributed by atoms with Crippen LogP contribution in [0.15, 0.2) is 41.5 Å². The Morgan fingerprint density at radius 2 is 2.14 bits per heavy atom. The average molecular weight is 302 g/mol. The Morgan fingerprint density at radius 3 is 2.86 bits per heavy atom. The summed E-state index contributed by atoms with van der Waals surface area (Å²) in [5.41, 5.74) is -0.0581. The van der Waals surface area contributed by atoms with Gasteiger partial charge in [0.1, 0.15) is 5.82 Å². The number of aromatic nitrogens is 2. The number of thiophene rings is 1. The Balaban J connectivity index is 1.98. The lowest BCUT2D eigenvalue weighted by Crippen LogP contribution is -2.24. The fourth-order valence-electron chi connectivity index (χ4n) is 2.06. The predicted octanol–water partition coefficient (Wildman–Crippen LogP) is 2.79. The van der Waals surface area contributed by atoms with Crippen molar-refractivity contribution in [2.24, 2.45) is 0 Å². The zero-order valence-electron chi connectivity index (χ0n) is 11.2. The molecule has 0 atom stereocenters. The average Bonchev–Trinajstić information content (AvgIpc) is 2.88. The summed E-state index contributed by atoms with van der Waals surface area (Å²) in [5, 5.41) is 0.300. The largest absolute Gasteiger partial charge is 0.291 e. The van der Waals surface area contributed by atoms with Gasteiger partial charge < -0.3 is 0 Å². The third-order valence-corrected chi connectivity index (χ3v) is 4.16. The molecule has 0 aliphatic heterocycles. The number of halogens is 1. The molecular weight excluding hydrogens is 291 g/mol. The number of carbonyl (C=O) groups is 1. The molecule has 0 saturated carbocycles. The molecule has 1 aromatic carbocycles. The highest BCUT2D eigenvalue weighted by Crippen LogP contribution is 2.16. The van der Waals surface area contributed by atoms with Crippen LogP contribution in [-0.4, -0.2) is 15.3 Å². The lowest BCUT2D eigenvalue weighted by molar-refractivity contribution is 0.0974. The summed E-state index contributed by atoms with van der Waals surface area (Å²) in [6.07, 6.45) is 1.28. The molecule has 0 radical (unpaired) electrons. The molecule has 106 valence electrons. The van der Waals surface area contributed by atoms with Gasteiger partial charge in [-0.25, -0.2) is 9.37 Å². The van der Waals surface area contributed by atoms with Crippen molar-refractivity contribution in [3.05, 3.63) is 62.6 Å². The number of rotatable bonds is 3. The molecule has 2 aromatic heterocycles. The normalized spacial score (nSPS) is 11.0. The maximum atomic E-state index is 13.1. The Hall–Kier alpha value is -2.34. The van der Waals surface area contributed by atoms with Crippen LogP contribution in [0.5, 0.6) is 0 Å². The minimum Gasteiger partial charge on any atom is -0.291 e. The van der Waals surface area contributed by atoms with E-state index < -0.39 is 5.82 Å². The molecule has 0 amide bonds. The molecule has 0 unspecified atom stereocenters. The topological polar surface area (TPSA) is 52.0 Å². The number of carbonyl (C=O) groups excluding carboxylic acids is 1. The van der Waals surface area contributed by atoms with Gasteiger partial charge in [0, 0.05) is 10.9 Å². The summed E-state index contributed by atoms with van der Waals surface area (Å²) in [6, 6.07) is 7.40. The van der Waals surface area contributed by atoms with E-state index in [-0.39, 0.29) is 23.4 Å². The van der Waals surface area contributed by atoms with Gasteiger partial charge in [0.2, 0.25) is 0 Å². The first-order valence-electron chi connectivity index (χ1n) is 6.29. The second-order valence-corrected chi connectivity index (χ2v) is 5.96. The van der Waals surface area contributed by atoms with Gasteiger partial charge in [-0.05, 0) is 31.2 Å². The van der Waals surface area contributed by atoms with E-state index in [9.17, 15) is 14.0 Å². The molecule has 0 aliphatic carbocycles. The van der Waals surface area contributed by atoms with E-state index in [4.69, 9.17) is 0 Å². The van der Waals surface area contributed by atoms with Crippen molar-refractivity contribution >= 4 is 28.0 Å². The highest BCUT2D eigenvalue weighted by atomic mass is 32.1. The number of aryl methyl sites for hydroxylation is 1. The minimum atomic E-state index is -0.447. The Morgan fingerprint density at radius 1 is 1.33 bits per heavy atom. The molecule has 0 bridgehead atoms. The first-order chi connectivity index (χ1) is 10.0. The highest BCUT2D eigenvalue weighted by Gasteiger charge is 2.12. The first-order valence-corrected chi connectivity index (χ1v) is 7.10. The van der Waals surface area contributed by atoms with Gasteiger partial charge >= 0.3 is 0 Å². The molecular formula is C15H11FN2O2S. The van der Waals surface area contributed by atoms with E-state index >= 15 is 0 Å². The standard InChI is InChI=1S/C15H11FN2O2S/c1-9-2-5-14(21-9)13(19)7-18-8-17-12-6-10(16)3-4-11(12)15(18)20/h2-6,8H,7H2,1H3. The molecule has 3 aromatic rings. The zero-order valence-corrected chi connectivity index (χ0v) is 12.0. The summed E-state index contributed by atoms with van der Waals surface area (Å²) < 4.78 is 14.3. The second-order valence-electron chi connectivity index (χ2n) is 4.67. The van der Waals surface area contributed by atoms with Crippen LogP contribution in [0, 0.1) is 12.7 Å². The monoisotopic (exact) mass is 302 g/mol. The third kappa shape index (κ3) is 2.62. The highest BCUT2D eigenvalue weighted by molar-refractivity contribution is 7.14. The van der Waals surface area contributed by atoms with Crippen molar-refractivity contribution in [1.29, 1.82) is 0 Å². The van der Waals surface area contributed by atoms with Crippen LogP contribution < -0.4 is 5.56 Å². The number of fused-ring (bicyclic) bond motifs is 1. The van der Waals surface area contributed by atoms with Gasteiger partial charge in [-0.3, -0.25) is 14.2 Å². The van der Waals surface area contributed by atoms with Gasteiger partial charge in [0.15, 0.2) is 5.78 Å². The van der Waals surface area contributed by atoms with E-state index in [0.29, 0.717) is 10.3 Å². The Kier molecular flexibility index (Phi) is 3.39.